The topological polar surface area (TPSA) is 64.8 Å². The van der Waals surface area contributed by atoms with Crippen molar-refractivity contribution in [3.63, 3.8) is 0 Å². The second-order valence-electron chi connectivity index (χ2n) is 4.86. The molecule has 7 heteroatoms. The maximum absolute atomic E-state index is 12.7. The summed E-state index contributed by atoms with van der Waals surface area (Å²) < 4.78 is 27.4. The fourth-order valence-electron chi connectivity index (χ4n) is 2.11. The molecule has 0 amide bonds. The van der Waals surface area contributed by atoms with Crippen LogP contribution in [-0.4, -0.2) is 23.2 Å². The van der Waals surface area contributed by atoms with Crippen molar-refractivity contribution in [3.05, 3.63) is 47.9 Å². The molecule has 0 fully saturated rings. The predicted molar refractivity (Wildman–Crippen MR) is 85.6 cm³/mol. The van der Waals surface area contributed by atoms with E-state index in [0.717, 1.165) is 22.6 Å². The third-order valence-electron chi connectivity index (χ3n) is 3.28. The molecule has 0 atom stereocenters. The summed E-state index contributed by atoms with van der Waals surface area (Å²) in [6.07, 6.45) is 5.74. The molecule has 1 aromatic carbocycles. The molecular weight excluding hydrogens is 318 g/mol. The number of sulfone groups is 1. The van der Waals surface area contributed by atoms with E-state index in [1.54, 1.807) is 29.1 Å². The maximum atomic E-state index is 12.7. The van der Waals surface area contributed by atoms with Crippen LogP contribution in [0.3, 0.4) is 0 Å². The molecule has 0 bridgehead atoms. The zero-order valence-corrected chi connectivity index (χ0v) is 13.9. The number of nitrogens with zero attached hydrogens (tertiary/aromatic N) is 3. The van der Waals surface area contributed by atoms with Crippen LogP contribution in [0.5, 0.6) is 0 Å². The minimum Gasteiger partial charge on any atom is -0.275 e. The van der Waals surface area contributed by atoms with E-state index in [-0.39, 0.29) is 9.10 Å². The minimum atomic E-state index is -3.52. The van der Waals surface area contributed by atoms with Gasteiger partial charge in [0.15, 0.2) is 0 Å². The Morgan fingerprint density at radius 3 is 2.68 bits per heavy atom. The van der Waals surface area contributed by atoms with Gasteiger partial charge in [-0.1, -0.05) is 19.1 Å². The van der Waals surface area contributed by atoms with Crippen molar-refractivity contribution in [1.29, 1.82) is 0 Å². The van der Waals surface area contributed by atoms with Crippen molar-refractivity contribution in [2.75, 3.05) is 0 Å². The summed E-state index contributed by atoms with van der Waals surface area (Å²) in [5.74, 6) is 0. The third-order valence-corrected chi connectivity index (χ3v) is 6.64. The number of rotatable bonds is 4. The van der Waals surface area contributed by atoms with E-state index in [1.807, 2.05) is 26.2 Å². The van der Waals surface area contributed by atoms with E-state index in [9.17, 15) is 8.42 Å². The highest BCUT2D eigenvalue weighted by Crippen LogP contribution is 2.29. The predicted octanol–water partition coefficient (Wildman–Crippen LogP) is 2.94. The zero-order chi connectivity index (χ0) is 15.7. The van der Waals surface area contributed by atoms with Gasteiger partial charge in [0.25, 0.3) is 0 Å². The molecule has 3 rings (SSSR count). The smallest absolute Gasteiger partial charge is 0.217 e. The van der Waals surface area contributed by atoms with Gasteiger partial charge < -0.3 is 0 Å². The van der Waals surface area contributed by atoms with Gasteiger partial charge in [-0.25, -0.2) is 13.4 Å². The fraction of sp³-hybridized carbons (Fsp3) is 0.200. The molecule has 0 saturated heterocycles. The quantitative estimate of drug-likeness (QED) is 0.736. The minimum absolute atomic E-state index is 0.278. The number of benzene rings is 1. The fourth-order valence-corrected chi connectivity index (χ4v) is 4.68. The lowest BCUT2D eigenvalue weighted by molar-refractivity contribution is 0.598. The number of hydrogen-bond donors (Lipinski definition) is 0. The summed E-state index contributed by atoms with van der Waals surface area (Å²) in [5, 5.41) is 4.94. The van der Waals surface area contributed by atoms with Gasteiger partial charge in [0.05, 0.1) is 22.3 Å². The molecule has 0 unspecified atom stereocenters. The van der Waals surface area contributed by atoms with Gasteiger partial charge in [-0.3, -0.25) is 4.68 Å². The van der Waals surface area contributed by atoms with E-state index >= 15 is 0 Å². The summed E-state index contributed by atoms with van der Waals surface area (Å²) in [5.41, 5.74) is 1.72. The molecule has 22 heavy (non-hydrogen) atoms. The van der Waals surface area contributed by atoms with Crippen molar-refractivity contribution in [2.45, 2.75) is 22.4 Å². The van der Waals surface area contributed by atoms with Crippen LogP contribution in [0.25, 0.3) is 11.1 Å². The molecular formula is C15H15N3O2S2. The number of aromatic nitrogens is 3. The van der Waals surface area contributed by atoms with Crippen LogP contribution in [0.15, 0.2) is 52.0 Å². The van der Waals surface area contributed by atoms with Gasteiger partial charge in [0, 0.05) is 18.8 Å². The van der Waals surface area contributed by atoms with Crippen molar-refractivity contribution in [3.8, 4) is 11.1 Å². The molecule has 3 aromatic rings. The first-order valence-corrected chi connectivity index (χ1v) is 9.09. The Balaban J connectivity index is 2.04. The van der Waals surface area contributed by atoms with Gasteiger partial charge >= 0.3 is 0 Å². The molecule has 5 nitrogen and oxygen atoms in total. The highest BCUT2D eigenvalue weighted by Gasteiger charge is 2.21. The molecule has 114 valence electrons. The van der Waals surface area contributed by atoms with Crippen LogP contribution in [-0.2, 0) is 23.3 Å². The Morgan fingerprint density at radius 2 is 2.05 bits per heavy atom. The first-order valence-electron chi connectivity index (χ1n) is 6.79. The van der Waals surface area contributed by atoms with Gasteiger partial charge in [0.2, 0.25) is 9.84 Å². The lowest BCUT2D eigenvalue weighted by atomic mass is 10.1. The summed E-state index contributed by atoms with van der Waals surface area (Å²) in [7, 11) is -1.70. The van der Waals surface area contributed by atoms with Crippen molar-refractivity contribution in [1.82, 2.24) is 14.8 Å². The maximum Gasteiger partial charge on any atom is 0.217 e. The molecule has 0 N–H and O–H groups in total. The Morgan fingerprint density at radius 1 is 1.23 bits per heavy atom. The lowest BCUT2D eigenvalue weighted by Crippen LogP contribution is -1.99. The third kappa shape index (κ3) is 2.69. The van der Waals surface area contributed by atoms with Crippen LogP contribution >= 0.6 is 11.3 Å². The average Bonchev–Trinajstić information content (AvgIpc) is 3.16. The van der Waals surface area contributed by atoms with Gasteiger partial charge in [0.1, 0.15) is 4.21 Å². The molecule has 0 spiro atoms. The normalized spacial score (nSPS) is 11.7. The lowest BCUT2D eigenvalue weighted by Gasteiger charge is -2.04. The van der Waals surface area contributed by atoms with Gasteiger partial charge in [-0.2, -0.15) is 5.10 Å². The number of hydrogen-bond acceptors (Lipinski definition) is 5. The van der Waals surface area contributed by atoms with E-state index in [1.165, 1.54) is 17.5 Å². The Kier molecular flexibility index (Phi) is 3.84. The largest absolute Gasteiger partial charge is 0.275 e. The van der Waals surface area contributed by atoms with E-state index in [4.69, 9.17) is 0 Å². The van der Waals surface area contributed by atoms with E-state index < -0.39 is 9.84 Å². The Labute approximate surface area is 133 Å². The Bertz CT molecular complexity index is 910. The average molecular weight is 333 g/mol. The summed E-state index contributed by atoms with van der Waals surface area (Å²) >= 11 is 1.22. The standard InChI is InChI=1S/C15H15N3O2S2/c1-3-14-16-9-15(21-14)22(19,20)13-6-4-5-11(7-13)12-8-17-18(2)10-12/h4-10H,3H2,1-2H3. The first-order chi connectivity index (χ1) is 10.5. The number of thiazole rings is 1. The zero-order valence-electron chi connectivity index (χ0n) is 12.2. The molecule has 2 aromatic heterocycles. The van der Waals surface area contributed by atoms with E-state index in [0.29, 0.717) is 0 Å². The Hall–Kier alpha value is -1.99. The van der Waals surface area contributed by atoms with Crippen molar-refractivity contribution in [2.24, 2.45) is 7.05 Å². The van der Waals surface area contributed by atoms with Crippen LogP contribution in [0.4, 0.5) is 0 Å². The van der Waals surface area contributed by atoms with Crippen LogP contribution in [0, 0.1) is 0 Å². The molecule has 0 aliphatic rings. The summed E-state index contributed by atoms with van der Waals surface area (Å²) in [6, 6.07) is 6.91. The SMILES string of the molecule is CCc1ncc(S(=O)(=O)c2cccc(-c3cnn(C)c3)c2)s1. The van der Waals surface area contributed by atoms with Crippen molar-refractivity contribution < 1.29 is 8.42 Å². The second-order valence-corrected chi connectivity index (χ2v) is 8.15. The first kappa shape index (κ1) is 14.9. The molecule has 2 heterocycles. The van der Waals surface area contributed by atoms with Crippen LogP contribution in [0.1, 0.15) is 11.9 Å². The monoisotopic (exact) mass is 333 g/mol. The summed E-state index contributed by atoms with van der Waals surface area (Å²) in [4.78, 5) is 4.41. The molecule has 0 saturated carbocycles. The number of aryl methyl sites for hydroxylation is 2. The van der Waals surface area contributed by atoms with E-state index in [2.05, 4.69) is 10.1 Å². The van der Waals surface area contributed by atoms with Gasteiger partial charge in [-0.15, -0.1) is 11.3 Å². The molecule has 0 aliphatic heterocycles. The highest BCUT2D eigenvalue weighted by atomic mass is 32.2. The summed E-state index contributed by atoms with van der Waals surface area (Å²) in [6.45, 7) is 1.96. The molecule has 0 radical (unpaired) electrons. The molecule has 0 aliphatic carbocycles. The van der Waals surface area contributed by atoms with Crippen molar-refractivity contribution >= 4 is 21.2 Å². The van der Waals surface area contributed by atoms with Gasteiger partial charge in [-0.05, 0) is 24.1 Å². The van der Waals surface area contributed by atoms with Crippen LogP contribution in [0.2, 0.25) is 0 Å². The van der Waals surface area contributed by atoms with Crippen LogP contribution < -0.4 is 0 Å². The highest BCUT2D eigenvalue weighted by molar-refractivity contribution is 7.93. The second kappa shape index (κ2) is 5.66.